The molecule has 116 valence electrons. The summed E-state index contributed by atoms with van der Waals surface area (Å²) in [4.78, 5) is 21.3. The van der Waals surface area contributed by atoms with E-state index in [1.807, 2.05) is 0 Å². The molecule has 0 saturated carbocycles. The number of carbonyl (C=O) groups excluding carboxylic acids is 1. The van der Waals surface area contributed by atoms with Crippen molar-refractivity contribution in [3.63, 3.8) is 0 Å². The van der Waals surface area contributed by atoms with Gasteiger partial charge < -0.3 is 19.7 Å². The van der Waals surface area contributed by atoms with E-state index in [-0.39, 0.29) is 13.2 Å². The molecule has 0 bridgehead atoms. The van der Waals surface area contributed by atoms with Crippen LogP contribution < -0.4 is 0 Å². The number of methoxy groups -OCH3 is 2. The SMILES string of the molecule is C=C[C@](C)(CO)C(=O)OC.C=C[C@](C)(COC)C(=O)O. The summed E-state index contributed by atoms with van der Waals surface area (Å²) in [5.41, 5.74) is -1.90. The molecule has 0 amide bonds. The minimum absolute atomic E-state index is 0.159. The molecule has 6 heteroatoms. The zero-order valence-electron chi connectivity index (χ0n) is 12.5. The molecule has 0 radical (unpaired) electrons. The first kappa shape index (κ1) is 20.7. The molecule has 6 nitrogen and oxygen atoms in total. The Morgan fingerprint density at radius 2 is 1.60 bits per heavy atom. The van der Waals surface area contributed by atoms with Crippen LogP contribution in [0.2, 0.25) is 0 Å². The van der Waals surface area contributed by atoms with Gasteiger partial charge in [0.1, 0.15) is 10.8 Å². The first-order valence-electron chi connectivity index (χ1n) is 5.86. The Hall–Kier alpha value is -1.66. The predicted molar refractivity (Wildman–Crippen MR) is 75.2 cm³/mol. The molecule has 0 spiro atoms. The molecule has 2 atom stereocenters. The van der Waals surface area contributed by atoms with Crippen molar-refractivity contribution in [3.05, 3.63) is 25.3 Å². The molecule has 0 heterocycles. The Balaban J connectivity index is 0. The summed E-state index contributed by atoms with van der Waals surface area (Å²) >= 11 is 0. The minimum atomic E-state index is -0.950. The fourth-order valence-electron chi connectivity index (χ4n) is 0.953. The summed E-state index contributed by atoms with van der Waals surface area (Å²) in [6.45, 7) is 9.83. The number of carboxylic acids is 1. The van der Waals surface area contributed by atoms with E-state index in [4.69, 9.17) is 14.9 Å². The van der Waals surface area contributed by atoms with Gasteiger partial charge in [-0.25, -0.2) is 0 Å². The van der Waals surface area contributed by atoms with Crippen LogP contribution in [0.5, 0.6) is 0 Å². The van der Waals surface area contributed by atoms with Gasteiger partial charge >= 0.3 is 11.9 Å². The first-order chi connectivity index (χ1) is 9.17. The van der Waals surface area contributed by atoms with E-state index < -0.39 is 22.8 Å². The lowest BCUT2D eigenvalue weighted by Gasteiger charge is -2.18. The number of rotatable bonds is 7. The third-order valence-electron chi connectivity index (χ3n) is 2.81. The highest BCUT2D eigenvalue weighted by Gasteiger charge is 2.30. The Bertz CT molecular complexity index is 344. The van der Waals surface area contributed by atoms with Crippen molar-refractivity contribution >= 4 is 11.9 Å². The van der Waals surface area contributed by atoms with E-state index in [1.54, 1.807) is 13.8 Å². The molecule has 0 fully saturated rings. The summed E-state index contributed by atoms with van der Waals surface area (Å²) in [7, 11) is 2.74. The average Bonchev–Trinajstić information content (AvgIpc) is 2.46. The Labute approximate surface area is 119 Å². The summed E-state index contributed by atoms with van der Waals surface area (Å²) in [5.74, 6) is -1.38. The zero-order chi connectivity index (χ0) is 16.4. The molecule has 0 aromatic heterocycles. The third kappa shape index (κ3) is 5.99. The van der Waals surface area contributed by atoms with Gasteiger partial charge in [0, 0.05) is 7.11 Å². The molecule has 0 aliphatic carbocycles. The van der Waals surface area contributed by atoms with Crippen LogP contribution in [0.3, 0.4) is 0 Å². The lowest BCUT2D eigenvalue weighted by Crippen LogP contribution is -2.30. The van der Waals surface area contributed by atoms with Gasteiger partial charge in [0.25, 0.3) is 0 Å². The van der Waals surface area contributed by atoms with Crippen LogP contribution in [0.15, 0.2) is 25.3 Å². The number of aliphatic carboxylic acids is 1. The van der Waals surface area contributed by atoms with Gasteiger partial charge in [0.15, 0.2) is 0 Å². The van der Waals surface area contributed by atoms with Crippen LogP contribution in [0.4, 0.5) is 0 Å². The first-order valence-corrected chi connectivity index (χ1v) is 5.86. The van der Waals surface area contributed by atoms with E-state index in [0.29, 0.717) is 0 Å². The van der Waals surface area contributed by atoms with E-state index in [0.717, 1.165) is 0 Å². The van der Waals surface area contributed by atoms with Gasteiger partial charge in [-0.05, 0) is 13.8 Å². The second-order valence-electron chi connectivity index (χ2n) is 4.63. The standard InChI is InChI=1S/2C7H12O3/c1-4-7(2,5-10-3)6(8)9;1-4-7(2,5-8)6(9)10-3/h4H,1,5H2,2-3H3,(H,8,9);4,8H,1,5H2,2-3H3/t2*7-/m11/s1. The normalized spacial score (nSPS) is 15.7. The number of hydrogen-bond acceptors (Lipinski definition) is 5. The summed E-state index contributed by atoms with van der Waals surface area (Å²) in [6.07, 6.45) is 2.75. The van der Waals surface area contributed by atoms with Crippen LogP contribution in [0.1, 0.15) is 13.8 Å². The molecule has 0 aliphatic heterocycles. The van der Waals surface area contributed by atoms with Crippen LogP contribution >= 0.6 is 0 Å². The minimum Gasteiger partial charge on any atom is -0.481 e. The fourth-order valence-corrected chi connectivity index (χ4v) is 0.953. The maximum Gasteiger partial charge on any atom is 0.317 e. The lowest BCUT2D eigenvalue weighted by molar-refractivity contribution is -0.151. The second kappa shape index (κ2) is 9.28. The molecule has 2 N–H and O–H groups in total. The van der Waals surface area contributed by atoms with Crippen LogP contribution in [-0.4, -0.2) is 49.6 Å². The number of esters is 1. The summed E-state index contributed by atoms with van der Waals surface area (Å²) in [6, 6.07) is 0. The summed E-state index contributed by atoms with van der Waals surface area (Å²) in [5, 5.41) is 17.3. The van der Waals surface area contributed by atoms with Crippen molar-refractivity contribution in [2.24, 2.45) is 10.8 Å². The van der Waals surface area contributed by atoms with Gasteiger partial charge in [0.2, 0.25) is 0 Å². The zero-order valence-corrected chi connectivity index (χ0v) is 12.5. The number of carbonyl (C=O) groups is 2. The topological polar surface area (TPSA) is 93.1 Å². The smallest absolute Gasteiger partial charge is 0.317 e. The maximum atomic E-state index is 10.8. The monoisotopic (exact) mass is 288 g/mol. The second-order valence-corrected chi connectivity index (χ2v) is 4.63. The molecule has 0 unspecified atom stereocenters. The lowest BCUT2D eigenvalue weighted by atomic mass is 9.92. The summed E-state index contributed by atoms with van der Waals surface area (Å²) < 4.78 is 9.13. The van der Waals surface area contributed by atoms with Crippen molar-refractivity contribution in [2.45, 2.75) is 13.8 Å². The maximum absolute atomic E-state index is 10.8. The fraction of sp³-hybridized carbons (Fsp3) is 0.571. The number of carboxylic acid groups (broad SMARTS) is 1. The van der Waals surface area contributed by atoms with Crippen LogP contribution in [-0.2, 0) is 19.1 Å². The highest BCUT2D eigenvalue weighted by atomic mass is 16.5. The van der Waals surface area contributed by atoms with E-state index in [1.165, 1.54) is 26.4 Å². The Morgan fingerprint density at radius 1 is 1.15 bits per heavy atom. The number of aliphatic hydroxyl groups is 1. The Kier molecular flexibility index (Phi) is 9.58. The molecule has 0 aliphatic rings. The van der Waals surface area contributed by atoms with Crippen molar-refractivity contribution in [1.29, 1.82) is 0 Å². The van der Waals surface area contributed by atoms with E-state index >= 15 is 0 Å². The van der Waals surface area contributed by atoms with Crippen molar-refractivity contribution in [1.82, 2.24) is 0 Å². The molecule has 0 aromatic rings. The number of ether oxygens (including phenoxy) is 2. The van der Waals surface area contributed by atoms with E-state index in [9.17, 15) is 9.59 Å². The largest absolute Gasteiger partial charge is 0.481 e. The van der Waals surface area contributed by atoms with Crippen molar-refractivity contribution in [3.8, 4) is 0 Å². The molecule has 0 aromatic carbocycles. The molecule has 0 saturated heterocycles. The van der Waals surface area contributed by atoms with E-state index in [2.05, 4.69) is 17.9 Å². The van der Waals surface area contributed by atoms with Crippen LogP contribution in [0.25, 0.3) is 0 Å². The molecule has 20 heavy (non-hydrogen) atoms. The van der Waals surface area contributed by atoms with Gasteiger partial charge in [-0.2, -0.15) is 0 Å². The number of aliphatic hydroxyl groups excluding tert-OH is 1. The predicted octanol–water partition coefficient (Wildman–Crippen LogP) is 1.25. The van der Waals surface area contributed by atoms with Gasteiger partial charge in [-0.3, -0.25) is 9.59 Å². The van der Waals surface area contributed by atoms with Crippen molar-refractivity contribution in [2.75, 3.05) is 27.4 Å². The number of hydrogen-bond donors (Lipinski definition) is 2. The highest BCUT2D eigenvalue weighted by Crippen LogP contribution is 2.18. The average molecular weight is 288 g/mol. The quantitative estimate of drug-likeness (QED) is 0.541. The molecule has 0 rings (SSSR count). The Morgan fingerprint density at radius 3 is 1.70 bits per heavy atom. The third-order valence-corrected chi connectivity index (χ3v) is 2.81. The van der Waals surface area contributed by atoms with Crippen LogP contribution in [0, 0.1) is 10.8 Å². The highest BCUT2D eigenvalue weighted by molar-refractivity contribution is 5.78. The van der Waals surface area contributed by atoms with Gasteiger partial charge in [-0.1, -0.05) is 12.2 Å². The molecular weight excluding hydrogens is 264 g/mol. The van der Waals surface area contributed by atoms with Gasteiger partial charge in [0.05, 0.1) is 20.3 Å². The van der Waals surface area contributed by atoms with Crippen molar-refractivity contribution < 1.29 is 29.3 Å². The molecular formula is C14H24O6. The van der Waals surface area contributed by atoms with Gasteiger partial charge in [-0.15, -0.1) is 13.2 Å².